The van der Waals surface area contributed by atoms with Gasteiger partial charge in [0, 0.05) is 12.1 Å². The van der Waals surface area contributed by atoms with Gasteiger partial charge >= 0.3 is 0 Å². The summed E-state index contributed by atoms with van der Waals surface area (Å²) in [7, 11) is 0. The molecule has 0 aliphatic heterocycles. The third kappa shape index (κ3) is 3.14. The van der Waals surface area contributed by atoms with Crippen LogP contribution >= 0.6 is 0 Å². The Morgan fingerprint density at radius 2 is 1.86 bits per heavy atom. The zero-order valence-electron chi connectivity index (χ0n) is 11.9. The predicted molar refractivity (Wildman–Crippen MR) is 82.2 cm³/mol. The van der Waals surface area contributed by atoms with Crippen LogP contribution in [0.4, 0.5) is 0 Å². The van der Waals surface area contributed by atoms with Crippen LogP contribution in [-0.4, -0.2) is 17.6 Å². The highest BCUT2D eigenvalue weighted by Crippen LogP contribution is 2.22. The van der Waals surface area contributed by atoms with Gasteiger partial charge in [0.05, 0.1) is 6.10 Å². The molecule has 0 fully saturated rings. The third-order valence-electron chi connectivity index (χ3n) is 4.00. The van der Waals surface area contributed by atoms with E-state index in [4.69, 9.17) is 0 Å². The maximum Gasteiger partial charge on any atom is 0.251 e. The number of rotatable bonds is 4. The Morgan fingerprint density at radius 1 is 1.10 bits per heavy atom. The first-order chi connectivity index (χ1) is 10.2. The Kier molecular flexibility index (Phi) is 4.02. The average Bonchev–Trinajstić information content (AvgIpc) is 3.00. The average molecular weight is 281 g/mol. The van der Waals surface area contributed by atoms with E-state index in [9.17, 15) is 9.90 Å². The van der Waals surface area contributed by atoms with Crippen molar-refractivity contribution in [2.24, 2.45) is 0 Å². The zero-order chi connectivity index (χ0) is 14.7. The molecule has 108 valence electrons. The number of benzene rings is 2. The van der Waals surface area contributed by atoms with Crippen LogP contribution in [0.25, 0.3) is 0 Å². The number of fused-ring (bicyclic) bond motifs is 1. The van der Waals surface area contributed by atoms with Gasteiger partial charge in [-0.05, 0) is 48.1 Å². The van der Waals surface area contributed by atoms with Gasteiger partial charge in [-0.15, -0.1) is 0 Å². The topological polar surface area (TPSA) is 49.3 Å². The fourth-order valence-electron chi connectivity index (χ4n) is 2.80. The van der Waals surface area contributed by atoms with Gasteiger partial charge in [-0.2, -0.15) is 0 Å². The maximum absolute atomic E-state index is 12.2. The number of amides is 1. The summed E-state index contributed by atoms with van der Waals surface area (Å²) in [5, 5.41) is 12.9. The fourth-order valence-corrected chi connectivity index (χ4v) is 2.80. The van der Waals surface area contributed by atoms with Gasteiger partial charge in [0.15, 0.2) is 0 Å². The smallest absolute Gasteiger partial charge is 0.251 e. The lowest BCUT2D eigenvalue weighted by Crippen LogP contribution is -2.28. The molecule has 0 bridgehead atoms. The van der Waals surface area contributed by atoms with Gasteiger partial charge < -0.3 is 10.4 Å². The van der Waals surface area contributed by atoms with Crippen LogP contribution in [0.1, 0.15) is 39.6 Å². The number of carbonyl (C=O) groups excluding carboxylic acids is 1. The summed E-state index contributed by atoms with van der Waals surface area (Å²) in [5.74, 6) is -0.125. The van der Waals surface area contributed by atoms with Crippen LogP contribution < -0.4 is 5.32 Å². The Hall–Kier alpha value is -2.13. The number of carbonyl (C=O) groups is 1. The summed E-state index contributed by atoms with van der Waals surface area (Å²) in [4.78, 5) is 12.2. The standard InChI is InChI=1S/C18H19NO2/c20-17(14-5-2-1-3-6-14)12-19-18(21)16-10-9-13-7-4-8-15(13)11-16/h1-3,5-6,9-11,17,20H,4,7-8,12H2,(H,19,21)/t17-/m0/s1. The number of nitrogens with one attached hydrogen (secondary N) is 1. The molecule has 21 heavy (non-hydrogen) atoms. The molecule has 0 unspecified atom stereocenters. The zero-order valence-corrected chi connectivity index (χ0v) is 11.9. The Balaban J connectivity index is 1.62. The van der Waals surface area contributed by atoms with Crippen molar-refractivity contribution < 1.29 is 9.90 Å². The number of aliphatic hydroxyl groups is 1. The van der Waals surface area contributed by atoms with Gasteiger partial charge in [-0.1, -0.05) is 36.4 Å². The highest BCUT2D eigenvalue weighted by atomic mass is 16.3. The molecular weight excluding hydrogens is 262 g/mol. The molecule has 0 saturated carbocycles. The summed E-state index contributed by atoms with van der Waals surface area (Å²) in [6.45, 7) is 0.222. The van der Waals surface area contributed by atoms with Crippen molar-refractivity contribution >= 4 is 5.91 Å². The molecule has 0 heterocycles. The largest absolute Gasteiger partial charge is 0.387 e. The van der Waals surface area contributed by atoms with E-state index < -0.39 is 6.10 Å². The molecule has 1 aliphatic rings. The number of aryl methyl sites for hydroxylation is 2. The van der Waals surface area contributed by atoms with E-state index in [-0.39, 0.29) is 12.5 Å². The molecule has 0 aromatic heterocycles. The first-order valence-corrected chi connectivity index (χ1v) is 7.37. The van der Waals surface area contributed by atoms with Crippen molar-refractivity contribution in [2.45, 2.75) is 25.4 Å². The second-order valence-corrected chi connectivity index (χ2v) is 5.47. The predicted octanol–water partition coefficient (Wildman–Crippen LogP) is 2.64. The minimum Gasteiger partial charge on any atom is -0.387 e. The lowest BCUT2D eigenvalue weighted by atomic mass is 10.1. The molecule has 1 amide bonds. The lowest BCUT2D eigenvalue weighted by molar-refractivity contribution is 0.0916. The van der Waals surface area contributed by atoms with Crippen molar-refractivity contribution in [3.63, 3.8) is 0 Å². The Labute approximate surface area is 124 Å². The van der Waals surface area contributed by atoms with E-state index in [0.717, 1.165) is 18.4 Å². The summed E-state index contributed by atoms with van der Waals surface area (Å²) in [5.41, 5.74) is 4.13. The van der Waals surface area contributed by atoms with E-state index in [1.807, 2.05) is 48.5 Å². The lowest BCUT2D eigenvalue weighted by Gasteiger charge is -2.12. The fraction of sp³-hybridized carbons (Fsp3) is 0.278. The van der Waals surface area contributed by atoms with Crippen molar-refractivity contribution in [3.05, 3.63) is 70.8 Å². The highest BCUT2D eigenvalue weighted by molar-refractivity contribution is 5.94. The van der Waals surface area contributed by atoms with E-state index in [2.05, 4.69) is 5.32 Å². The molecule has 0 spiro atoms. The quantitative estimate of drug-likeness (QED) is 0.905. The third-order valence-corrected chi connectivity index (χ3v) is 4.00. The van der Waals surface area contributed by atoms with Gasteiger partial charge in [0.2, 0.25) is 0 Å². The van der Waals surface area contributed by atoms with E-state index in [1.165, 1.54) is 17.5 Å². The van der Waals surface area contributed by atoms with Crippen molar-refractivity contribution in [2.75, 3.05) is 6.54 Å². The molecule has 0 radical (unpaired) electrons. The van der Waals surface area contributed by atoms with E-state index >= 15 is 0 Å². The second kappa shape index (κ2) is 6.10. The molecule has 3 heteroatoms. The van der Waals surface area contributed by atoms with E-state index in [0.29, 0.717) is 5.56 Å². The molecule has 3 rings (SSSR count). The first kappa shape index (κ1) is 13.8. The Bertz CT molecular complexity index is 637. The first-order valence-electron chi connectivity index (χ1n) is 7.37. The summed E-state index contributed by atoms with van der Waals surface area (Å²) in [6, 6.07) is 15.3. The normalized spacial score (nSPS) is 14.5. The van der Waals surface area contributed by atoms with Crippen molar-refractivity contribution in [1.29, 1.82) is 0 Å². The van der Waals surface area contributed by atoms with Crippen LogP contribution in [0, 0.1) is 0 Å². The molecule has 0 saturated heterocycles. The van der Waals surface area contributed by atoms with Crippen LogP contribution in [0.5, 0.6) is 0 Å². The van der Waals surface area contributed by atoms with Crippen molar-refractivity contribution in [3.8, 4) is 0 Å². The van der Waals surface area contributed by atoms with Gasteiger partial charge in [-0.3, -0.25) is 4.79 Å². The SMILES string of the molecule is O=C(NC[C@H](O)c1ccccc1)c1ccc2c(c1)CCC2. The van der Waals surface area contributed by atoms with Crippen LogP contribution in [0.2, 0.25) is 0 Å². The number of hydrogen-bond acceptors (Lipinski definition) is 2. The molecule has 2 aromatic rings. The van der Waals surface area contributed by atoms with Crippen molar-refractivity contribution in [1.82, 2.24) is 5.32 Å². The maximum atomic E-state index is 12.2. The van der Waals surface area contributed by atoms with Gasteiger partial charge in [0.25, 0.3) is 5.91 Å². The summed E-state index contributed by atoms with van der Waals surface area (Å²) >= 11 is 0. The molecule has 1 aliphatic carbocycles. The summed E-state index contributed by atoms with van der Waals surface area (Å²) in [6.07, 6.45) is 2.67. The molecule has 2 N–H and O–H groups in total. The van der Waals surface area contributed by atoms with E-state index in [1.54, 1.807) is 0 Å². The summed E-state index contributed by atoms with van der Waals surface area (Å²) < 4.78 is 0. The number of hydrogen-bond donors (Lipinski definition) is 2. The second-order valence-electron chi connectivity index (χ2n) is 5.47. The molecule has 1 atom stereocenters. The van der Waals surface area contributed by atoms with Gasteiger partial charge in [-0.25, -0.2) is 0 Å². The minimum atomic E-state index is -0.676. The van der Waals surface area contributed by atoms with Crippen LogP contribution in [0.3, 0.4) is 0 Å². The highest BCUT2D eigenvalue weighted by Gasteiger charge is 2.15. The van der Waals surface area contributed by atoms with Crippen LogP contribution in [0.15, 0.2) is 48.5 Å². The van der Waals surface area contributed by atoms with Crippen LogP contribution in [-0.2, 0) is 12.8 Å². The molecule has 2 aromatic carbocycles. The number of aliphatic hydroxyl groups excluding tert-OH is 1. The monoisotopic (exact) mass is 281 g/mol. The molecule has 3 nitrogen and oxygen atoms in total. The Morgan fingerprint density at radius 3 is 2.67 bits per heavy atom. The molecular formula is C18H19NO2. The minimum absolute atomic E-state index is 0.125. The van der Waals surface area contributed by atoms with Gasteiger partial charge in [0.1, 0.15) is 0 Å².